The fraction of sp³-hybridized carbons (Fsp3) is 0.409. The Hall–Kier alpha value is -1.98. The average molecular weight is 383 g/mol. The Balaban J connectivity index is 1.34. The highest BCUT2D eigenvalue weighted by atomic mass is 32.2. The minimum atomic E-state index is 0.0461. The molecule has 27 heavy (non-hydrogen) atoms. The molecule has 2 aromatic carbocycles. The molecule has 0 radical (unpaired) electrons. The summed E-state index contributed by atoms with van der Waals surface area (Å²) in [5.41, 5.74) is 2.57. The molecule has 4 rings (SSSR count). The summed E-state index contributed by atoms with van der Waals surface area (Å²) in [6.45, 7) is 5.67. The molecule has 1 saturated heterocycles. The lowest BCUT2D eigenvalue weighted by atomic mass is 10.1. The van der Waals surface area contributed by atoms with Gasteiger partial charge in [-0.1, -0.05) is 30.3 Å². The van der Waals surface area contributed by atoms with E-state index < -0.39 is 0 Å². The summed E-state index contributed by atoms with van der Waals surface area (Å²) in [4.78, 5) is 18.7. The second-order valence-corrected chi connectivity index (χ2v) is 8.48. The first-order valence-electron chi connectivity index (χ1n) is 9.57. The molecule has 5 heteroatoms. The molecule has 1 amide bonds. The van der Waals surface area contributed by atoms with Crippen LogP contribution in [-0.4, -0.2) is 54.2 Å². The molecule has 0 aromatic heterocycles. The SMILES string of the molecule is COc1cccc(C(C)N2CCN(C(=O)C3Cc4ccccc4S3)CC2)c1. The van der Waals surface area contributed by atoms with E-state index >= 15 is 0 Å². The van der Waals surface area contributed by atoms with Gasteiger partial charge in [0.25, 0.3) is 0 Å². The molecule has 2 aliphatic heterocycles. The van der Waals surface area contributed by atoms with Gasteiger partial charge in [0.15, 0.2) is 0 Å². The van der Waals surface area contributed by atoms with Crippen molar-refractivity contribution in [3.8, 4) is 5.75 Å². The Morgan fingerprint density at radius 3 is 2.63 bits per heavy atom. The molecule has 0 N–H and O–H groups in total. The summed E-state index contributed by atoms with van der Waals surface area (Å²) in [5, 5.41) is 0.0461. The minimum Gasteiger partial charge on any atom is -0.497 e. The third kappa shape index (κ3) is 3.85. The molecule has 2 heterocycles. The Bertz CT molecular complexity index is 792. The Morgan fingerprint density at radius 1 is 1.11 bits per heavy atom. The minimum absolute atomic E-state index is 0.0461. The lowest BCUT2D eigenvalue weighted by molar-refractivity contribution is -0.132. The molecular weight excluding hydrogens is 356 g/mol. The molecule has 0 spiro atoms. The number of hydrogen-bond donors (Lipinski definition) is 0. The molecule has 2 atom stereocenters. The van der Waals surface area contributed by atoms with E-state index in [9.17, 15) is 4.79 Å². The summed E-state index contributed by atoms with van der Waals surface area (Å²) < 4.78 is 5.35. The molecule has 4 nitrogen and oxygen atoms in total. The first-order chi connectivity index (χ1) is 13.2. The van der Waals surface area contributed by atoms with E-state index in [4.69, 9.17) is 4.74 Å². The van der Waals surface area contributed by atoms with Crippen molar-refractivity contribution in [3.05, 3.63) is 59.7 Å². The van der Waals surface area contributed by atoms with Crippen molar-refractivity contribution in [3.63, 3.8) is 0 Å². The fourth-order valence-corrected chi connectivity index (χ4v) is 5.24. The van der Waals surface area contributed by atoms with Gasteiger partial charge in [0.2, 0.25) is 5.91 Å². The Labute approximate surface area is 165 Å². The molecule has 0 aliphatic carbocycles. The standard InChI is InChI=1S/C22H26N2O2S/c1-16(17-7-5-8-19(14-17)26-2)23-10-12-24(13-11-23)22(25)21-15-18-6-3-4-9-20(18)27-21/h3-9,14,16,21H,10-13,15H2,1-2H3. The van der Waals surface area contributed by atoms with Crippen LogP contribution in [0.5, 0.6) is 5.75 Å². The van der Waals surface area contributed by atoms with Crippen LogP contribution in [0.3, 0.4) is 0 Å². The van der Waals surface area contributed by atoms with Crippen LogP contribution >= 0.6 is 11.8 Å². The third-order valence-electron chi connectivity index (χ3n) is 5.67. The number of benzene rings is 2. The molecule has 142 valence electrons. The number of fused-ring (bicyclic) bond motifs is 1. The zero-order chi connectivity index (χ0) is 18.8. The van der Waals surface area contributed by atoms with Gasteiger partial charge in [-0.15, -0.1) is 11.8 Å². The number of piperazine rings is 1. The van der Waals surface area contributed by atoms with Crippen LogP contribution in [0.4, 0.5) is 0 Å². The maximum atomic E-state index is 13.0. The van der Waals surface area contributed by atoms with Gasteiger partial charge in [-0.2, -0.15) is 0 Å². The van der Waals surface area contributed by atoms with Crippen molar-refractivity contribution >= 4 is 17.7 Å². The molecular formula is C22H26N2O2S. The van der Waals surface area contributed by atoms with E-state index in [1.807, 2.05) is 12.1 Å². The van der Waals surface area contributed by atoms with Crippen LogP contribution in [0.1, 0.15) is 24.1 Å². The maximum Gasteiger partial charge on any atom is 0.236 e. The molecule has 0 bridgehead atoms. The Morgan fingerprint density at radius 2 is 1.89 bits per heavy atom. The highest BCUT2D eigenvalue weighted by molar-refractivity contribution is 8.01. The number of amides is 1. The zero-order valence-electron chi connectivity index (χ0n) is 15.9. The summed E-state index contributed by atoms with van der Waals surface area (Å²) >= 11 is 1.73. The highest BCUT2D eigenvalue weighted by Gasteiger charge is 2.33. The average Bonchev–Trinajstić information content (AvgIpc) is 3.17. The van der Waals surface area contributed by atoms with Crippen molar-refractivity contribution in [2.24, 2.45) is 0 Å². The van der Waals surface area contributed by atoms with Crippen molar-refractivity contribution in [2.75, 3.05) is 33.3 Å². The predicted molar refractivity (Wildman–Crippen MR) is 109 cm³/mol. The number of nitrogens with zero attached hydrogens (tertiary/aromatic N) is 2. The zero-order valence-corrected chi connectivity index (χ0v) is 16.7. The molecule has 2 aliphatic rings. The number of carbonyl (C=O) groups excluding carboxylic acids is 1. The van der Waals surface area contributed by atoms with Crippen LogP contribution in [0.15, 0.2) is 53.4 Å². The van der Waals surface area contributed by atoms with E-state index in [2.05, 4.69) is 53.1 Å². The quantitative estimate of drug-likeness (QED) is 0.809. The number of ether oxygens (including phenoxy) is 1. The largest absolute Gasteiger partial charge is 0.497 e. The van der Waals surface area contributed by atoms with E-state index in [0.29, 0.717) is 11.9 Å². The summed E-state index contributed by atoms with van der Waals surface area (Å²) in [5.74, 6) is 1.19. The van der Waals surface area contributed by atoms with Gasteiger partial charge in [0.1, 0.15) is 5.75 Å². The first-order valence-corrected chi connectivity index (χ1v) is 10.4. The van der Waals surface area contributed by atoms with Crippen LogP contribution in [0.2, 0.25) is 0 Å². The van der Waals surface area contributed by atoms with Gasteiger partial charge in [0, 0.05) is 37.1 Å². The number of hydrogen-bond acceptors (Lipinski definition) is 4. The van der Waals surface area contributed by atoms with Crippen LogP contribution in [0.25, 0.3) is 0 Å². The molecule has 2 aromatic rings. The first kappa shape index (κ1) is 18.4. The molecule has 1 fully saturated rings. The topological polar surface area (TPSA) is 32.8 Å². The fourth-order valence-electron chi connectivity index (χ4n) is 3.97. The van der Waals surface area contributed by atoms with Gasteiger partial charge in [-0.05, 0) is 42.7 Å². The monoisotopic (exact) mass is 382 g/mol. The lowest BCUT2D eigenvalue weighted by Gasteiger charge is -2.39. The van der Waals surface area contributed by atoms with E-state index in [1.165, 1.54) is 16.0 Å². The third-order valence-corrected chi connectivity index (χ3v) is 6.98. The number of thioether (sulfide) groups is 1. The van der Waals surface area contributed by atoms with Gasteiger partial charge in [-0.3, -0.25) is 9.69 Å². The Kier molecular flexibility index (Phi) is 5.41. The van der Waals surface area contributed by atoms with Gasteiger partial charge >= 0.3 is 0 Å². The second-order valence-electron chi connectivity index (χ2n) is 7.23. The van der Waals surface area contributed by atoms with Gasteiger partial charge in [-0.25, -0.2) is 0 Å². The number of methoxy groups -OCH3 is 1. The van der Waals surface area contributed by atoms with Crippen LogP contribution < -0.4 is 4.74 Å². The number of rotatable bonds is 4. The van der Waals surface area contributed by atoms with Crippen molar-refractivity contribution in [1.29, 1.82) is 0 Å². The van der Waals surface area contributed by atoms with E-state index in [0.717, 1.165) is 38.3 Å². The van der Waals surface area contributed by atoms with E-state index in [-0.39, 0.29) is 5.25 Å². The predicted octanol–water partition coefficient (Wildman–Crippen LogP) is 3.62. The summed E-state index contributed by atoms with van der Waals surface area (Å²) in [7, 11) is 1.70. The summed E-state index contributed by atoms with van der Waals surface area (Å²) in [6.07, 6.45) is 0.861. The molecule has 0 saturated carbocycles. The lowest BCUT2D eigenvalue weighted by Crippen LogP contribution is -2.51. The van der Waals surface area contributed by atoms with Gasteiger partial charge < -0.3 is 9.64 Å². The number of carbonyl (C=O) groups is 1. The second kappa shape index (κ2) is 7.95. The maximum absolute atomic E-state index is 13.0. The van der Waals surface area contributed by atoms with Gasteiger partial charge in [0.05, 0.1) is 12.4 Å². The van der Waals surface area contributed by atoms with Crippen LogP contribution in [-0.2, 0) is 11.2 Å². The van der Waals surface area contributed by atoms with Crippen molar-refractivity contribution < 1.29 is 9.53 Å². The van der Waals surface area contributed by atoms with Crippen LogP contribution in [0, 0.1) is 0 Å². The summed E-state index contributed by atoms with van der Waals surface area (Å²) in [6, 6.07) is 17.0. The highest BCUT2D eigenvalue weighted by Crippen LogP contribution is 2.37. The molecule has 2 unspecified atom stereocenters. The normalized spacial score (nSPS) is 21.0. The smallest absolute Gasteiger partial charge is 0.236 e. The van der Waals surface area contributed by atoms with Crippen molar-refractivity contribution in [2.45, 2.75) is 29.5 Å². The van der Waals surface area contributed by atoms with Crippen molar-refractivity contribution in [1.82, 2.24) is 9.80 Å². The van der Waals surface area contributed by atoms with E-state index in [1.54, 1.807) is 18.9 Å².